The minimum Gasteiger partial charge on any atom is -0.356 e. The first-order valence-electron chi connectivity index (χ1n) is 12.6. The number of rotatable bonds is 4. The topological polar surface area (TPSA) is 49.4 Å². The van der Waals surface area contributed by atoms with Gasteiger partial charge in [0, 0.05) is 31.0 Å². The number of carbonyl (C=O) groups excluding carboxylic acids is 2. The second-order valence-corrected chi connectivity index (χ2v) is 11.3. The number of carbonyl (C=O) groups is 2. The van der Waals surface area contributed by atoms with Gasteiger partial charge in [0.2, 0.25) is 11.8 Å². The van der Waals surface area contributed by atoms with Crippen molar-refractivity contribution in [2.45, 2.75) is 64.8 Å². The zero-order valence-electron chi connectivity index (χ0n) is 19.8. The molecule has 1 aliphatic heterocycles. The van der Waals surface area contributed by atoms with Crippen molar-refractivity contribution in [1.82, 2.24) is 10.2 Å². The number of benzene rings is 1. The Morgan fingerprint density at radius 1 is 1.06 bits per heavy atom. The van der Waals surface area contributed by atoms with Crippen LogP contribution >= 0.6 is 0 Å². The highest BCUT2D eigenvalue weighted by Crippen LogP contribution is 2.65. The Balaban J connectivity index is 1.28. The summed E-state index contributed by atoms with van der Waals surface area (Å²) in [4.78, 5) is 27.5. The maximum atomic E-state index is 13.3. The van der Waals surface area contributed by atoms with Gasteiger partial charge in [-0.25, -0.2) is 0 Å². The molecule has 2 amide bonds. The zero-order chi connectivity index (χ0) is 22.5. The SMILES string of the molecule is CN1C(=O)C=C[C@@]2(C)C1CC[C@@H]1[C@H]2CC[C@]2(C)C(C(=O)NCCc3ccccc3)CC[C@@H]12. The van der Waals surface area contributed by atoms with Gasteiger partial charge in [0.25, 0.3) is 0 Å². The largest absolute Gasteiger partial charge is 0.356 e. The second-order valence-electron chi connectivity index (χ2n) is 11.3. The van der Waals surface area contributed by atoms with Crippen LogP contribution in [0.4, 0.5) is 0 Å². The molecule has 172 valence electrons. The molecule has 2 unspecified atom stereocenters. The summed E-state index contributed by atoms with van der Waals surface area (Å²) in [5.74, 6) is 2.47. The van der Waals surface area contributed by atoms with Gasteiger partial charge in [-0.2, -0.15) is 0 Å². The van der Waals surface area contributed by atoms with Crippen LogP contribution in [0.15, 0.2) is 42.5 Å². The average Bonchev–Trinajstić information content (AvgIpc) is 3.15. The molecule has 1 aromatic rings. The monoisotopic (exact) mass is 434 g/mol. The maximum Gasteiger partial charge on any atom is 0.246 e. The summed E-state index contributed by atoms with van der Waals surface area (Å²) < 4.78 is 0. The second kappa shape index (κ2) is 8.04. The molecule has 32 heavy (non-hydrogen) atoms. The first-order chi connectivity index (χ1) is 15.3. The molecule has 0 spiro atoms. The Bertz CT molecular complexity index is 911. The highest BCUT2D eigenvalue weighted by molar-refractivity contribution is 5.89. The number of hydrogen-bond donors (Lipinski definition) is 1. The van der Waals surface area contributed by atoms with Gasteiger partial charge in [0.15, 0.2) is 0 Å². The fourth-order valence-electron chi connectivity index (χ4n) is 8.27. The lowest BCUT2D eigenvalue weighted by molar-refractivity contribution is -0.142. The van der Waals surface area contributed by atoms with E-state index in [1.807, 2.05) is 24.1 Å². The van der Waals surface area contributed by atoms with Crippen LogP contribution in [0.25, 0.3) is 0 Å². The predicted molar refractivity (Wildman–Crippen MR) is 127 cm³/mol. The van der Waals surface area contributed by atoms with Gasteiger partial charge >= 0.3 is 0 Å². The molecule has 4 nitrogen and oxygen atoms in total. The molecule has 3 saturated carbocycles. The van der Waals surface area contributed by atoms with E-state index in [-0.39, 0.29) is 28.6 Å². The lowest BCUT2D eigenvalue weighted by atomic mass is 9.47. The molecule has 7 atom stereocenters. The summed E-state index contributed by atoms with van der Waals surface area (Å²) in [5, 5.41) is 3.27. The number of amides is 2. The minimum absolute atomic E-state index is 0.0724. The Morgan fingerprint density at radius 2 is 1.84 bits per heavy atom. The lowest BCUT2D eigenvalue weighted by Gasteiger charge is -2.60. The lowest BCUT2D eigenvalue weighted by Crippen LogP contribution is -2.59. The van der Waals surface area contributed by atoms with Crippen molar-refractivity contribution in [2.24, 2.45) is 34.5 Å². The summed E-state index contributed by atoms with van der Waals surface area (Å²) in [6.07, 6.45) is 11.7. The smallest absolute Gasteiger partial charge is 0.246 e. The third kappa shape index (κ3) is 3.33. The van der Waals surface area contributed by atoms with Crippen LogP contribution in [0.2, 0.25) is 0 Å². The molecule has 5 rings (SSSR count). The molecule has 3 aliphatic carbocycles. The molecule has 3 fully saturated rings. The van der Waals surface area contributed by atoms with Crippen molar-refractivity contribution in [2.75, 3.05) is 13.6 Å². The third-order valence-corrected chi connectivity index (χ3v) is 10.00. The summed E-state index contributed by atoms with van der Waals surface area (Å²) in [5.41, 5.74) is 1.46. The Labute approximate surface area is 192 Å². The molecule has 1 heterocycles. The number of likely N-dealkylation sites (N-methyl/N-ethyl adjacent to an activating group) is 1. The quantitative estimate of drug-likeness (QED) is 0.753. The Kier molecular flexibility index (Phi) is 5.46. The first-order valence-corrected chi connectivity index (χ1v) is 12.6. The number of nitrogens with one attached hydrogen (secondary N) is 1. The molecule has 0 saturated heterocycles. The van der Waals surface area contributed by atoms with Crippen molar-refractivity contribution in [3.8, 4) is 0 Å². The van der Waals surface area contributed by atoms with Gasteiger partial charge in [-0.05, 0) is 79.8 Å². The van der Waals surface area contributed by atoms with E-state index in [4.69, 9.17) is 0 Å². The van der Waals surface area contributed by atoms with E-state index in [1.165, 1.54) is 24.8 Å². The number of nitrogens with zero attached hydrogens (tertiary/aromatic N) is 1. The van der Waals surface area contributed by atoms with E-state index in [1.54, 1.807) is 0 Å². The maximum absolute atomic E-state index is 13.3. The van der Waals surface area contributed by atoms with Gasteiger partial charge in [0.1, 0.15) is 0 Å². The fourth-order valence-corrected chi connectivity index (χ4v) is 8.27. The highest BCUT2D eigenvalue weighted by atomic mass is 16.2. The molecule has 0 bridgehead atoms. The van der Waals surface area contributed by atoms with Crippen LogP contribution in [0, 0.1) is 34.5 Å². The molecule has 0 radical (unpaired) electrons. The van der Waals surface area contributed by atoms with E-state index in [9.17, 15) is 9.59 Å². The normalized spacial score (nSPS) is 40.4. The van der Waals surface area contributed by atoms with Crippen LogP contribution in [0.3, 0.4) is 0 Å². The summed E-state index contributed by atoms with van der Waals surface area (Å²) in [6.45, 7) is 5.51. The Morgan fingerprint density at radius 3 is 2.62 bits per heavy atom. The summed E-state index contributed by atoms with van der Waals surface area (Å²) in [7, 11) is 1.98. The molecule has 4 aliphatic rings. The zero-order valence-corrected chi connectivity index (χ0v) is 19.8. The van der Waals surface area contributed by atoms with Crippen molar-refractivity contribution < 1.29 is 9.59 Å². The van der Waals surface area contributed by atoms with E-state index in [2.05, 4.69) is 49.5 Å². The van der Waals surface area contributed by atoms with E-state index in [0.29, 0.717) is 23.8 Å². The van der Waals surface area contributed by atoms with Gasteiger partial charge in [-0.1, -0.05) is 50.3 Å². The van der Waals surface area contributed by atoms with E-state index < -0.39 is 0 Å². The average molecular weight is 435 g/mol. The molecule has 0 aromatic heterocycles. The van der Waals surface area contributed by atoms with Gasteiger partial charge in [-0.3, -0.25) is 9.59 Å². The van der Waals surface area contributed by atoms with Crippen molar-refractivity contribution >= 4 is 11.8 Å². The van der Waals surface area contributed by atoms with Crippen LogP contribution in [0.1, 0.15) is 57.9 Å². The molecule has 1 N–H and O–H groups in total. The van der Waals surface area contributed by atoms with Crippen molar-refractivity contribution in [1.29, 1.82) is 0 Å². The van der Waals surface area contributed by atoms with Crippen LogP contribution in [0.5, 0.6) is 0 Å². The first kappa shape index (κ1) is 21.7. The van der Waals surface area contributed by atoms with Gasteiger partial charge in [-0.15, -0.1) is 0 Å². The van der Waals surface area contributed by atoms with Crippen LogP contribution < -0.4 is 5.32 Å². The van der Waals surface area contributed by atoms with E-state index in [0.717, 1.165) is 32.2 Å². The minimum atomic E-state index is 0.0724. The standard InChI is InChI=1S/C28H38N2O2/c1-27-16-13-22-20(9-12-24-28(22,2)17-14-25(31)30(24)3)21(27)10-11-23(27)26(32)29-18-15-19-7-5-4-6-8-19/h4-8,14,17,20-24H,9-13,15-16,18H2,1-3H3,(H,29,32)/t20-,21-,22+,23?,24?,27-,28+/m0/s1. The summed E-state index contributed by atoms with van der Waals surface area (Å²) >= 11 is 0. The van der Waals surface area contributed by atoms with Crippen LogP contribution in [-0.4, -0.2) is 36.3 Å². The third-order valence-electron chi connectivity index (χ3n) is 10.00. The summed E-state index contributed by atoms with van der Waals surface area (Å²) in [6, 6.07) is 10.7. The molecular weight excluding hydrogens is 396 g/mol. The highest BCUT2D eigenvalue weighted by Gasteiger charge is 2.61. The van der Waals surface area contributed by atoms with Crippen molar-refractivity contribution in [3.63, 3.8) is 0 Å². The molecule has 4 heteroatoms. The van der Waals surface area contributed by atoms with Crippen molar-refractivity contribution in [3.05, 3.63) is 48.0 Å². The Hall–Kier alpha value is -2.10. The van der Waals surface area contributed by atoms with Crippen LogP contribution in [-0.2, 0) is 16.0 Å². The van der Waals surface area contributed by atoms with Gasteiger partial charge < -0.3 is 10.2 Å². The number of fused-ring (bicyclic) bond motifs is 5. The molecule has 1 aromatic carbocycles. The van der Waals surface area contributed by atoms with Gasteiger partial charge in [0.05, 0.1) is 0 Å². The molecular formula is C28H38N2O2. The fraction of sp³-hybridized carbons (Fsp3) is 0.643. The predicted octanol–water partition coefficient (Wildman–Crippen LogP) is 4.60. The number of hydrogen-bond acceptors (Lipinski definition) is 2. The van der Waals surface area contributed by atoms with E-state index >= 15 is 0 Å².